The van der Waals surface area contributed by atoms with Gasteiger partial charge in [-0.15, -0.1) is 0 Å². The van der Waals surface area contributed by atoms with Crippen LogP contribution >= 0.6 is 0 Å². The zero-order valence-electron chi connectivity index (χ0n) is 2.17. The smallest absolute Gasteiger partial charge is 2.00 e. The predicted molar refractivity (Wildman–Crippen MR) is 1.37 cm³/mol. The zero-order valence-corrected chi connectivity index (χ0v) is 8.82. The fourth-order valence-corrected chi connectivity index (χ4v) is 0. The van der Waals surface area contributed by atoms with Gasteiger partial charge in [0.15, 0.2) is 0 Å². The third kappa shape index (κ3) is 8.84. The average Bonchev–Trinajstić information content (AvgIpc) is 0. The first-order chi connectivity index (χ1) is 0. The molecule has 0 aliphatic carbocycles. The molecule has 1 radical (unpaired) electrons. The van der Waals surface area contributed by atoms with Gasteiger partial charge in [-0.3, -0.25) is 0 Å². The van der Waals surface area contributed by atoms with Crippen molar-refractivity contribution in [1.82, 2.24) is 0 Å². The van der Waals surface area contributed by atoms with Crippen LogP contribution in [0.15, 0.2) is 0 Å². The van der Waals surface area contributed by atoms with Gasteiger partial charge in [0.25, 0.3) is 0 Å². The standard InChI is InChI=1S/2O.Rb.Ru/q2*-2;+1;+3. The van der Waals surface area contributed by atoms with Crippen LogP contribution in [0.1, 0.15) is 0 Å². The van der Waals surface area contributed by atoms with Crippen LogP contribution in [-0.4, -0.2) is 0 Å². The van der Waals surface area contributed by atoms with Crippen molar-refractivity contribution in [3.63, 3.8) is 0 Å². The maximum absolute atomic E-state index is 0. The fourth-order valence-electron chi connectivity index (χ4n) is 0. The van der Waals surface area contributed by atoms with E-state index in [-0.39, 0.29) is 88.6 Å². The van der Waals surface area contributed by atoms with E-state index in [1.54, 1.807) is 0 Å². The third-order valence-electron chi connectivity index (χ3n) is 0. The molecule has 0 aliphatic rings. The predicted octanol–water partition coefficient (Wildman–Crippen LogP) is -3.24. The van der Waals surface area contributed by atoms with Gasteiger partial charge in [0.05, 0.1) is 0 Å². The van der Waals surface area contributed by atoms with E-state index in [2.05, 4.69) is 0 Å². The topological polar surface area (TPSA) is 57.0 Å². The van der Waals surface area contributed by atoms with Crippen LogP contribution in [0.25, 0.3) is 0 Å². The van der Waals surface area contributed by atoms with Crippen LogP contribution < -0.4 is 58.2 Å². The SMILES string of the molecule is [O-2].[O-2].[Rb+].[Ru+3]. The third-order valence-corrected chi connectivity index (χ3v) is 0. The molecule has 0 N–H and O–H groups in total. The largest absolute Gasteiger partial charge is 3.00 e. The molecule has 0 atom stereocenters. The molecule has 4 heavy (non-hydrogen) atoms. The first kappa shape index (κ1) is 32.9. The van der Waals surface area contributed by atoms with Crippen LogP contribution in [0, 0.1) is 0 Å². The zero-order chi connectivity index (χ0) is 0. The summed E-state index contributed by atoms with van der Waals surface area (Å²) < 4.78 is 0. The van der Waals surface area contributed by atoms with Crippen molar-refractivity contribution < 1.29 is 88.6 Å². The second-order valence-electron chi connectivity index (χ2n) is 0. The van der Waals surface area contributed by atoms with Crippen LogP contribution in [0.4, 0.5) is 0 Å². The molecule has 0 rings (SSSR count). The van der Waals surface area contributed by atoms with E-state index in [0.29, 0.717) is 0 Å². The first-order valence-corrected chi connectivity index (χ1v) is 0. The first-order valence-electron chi connectivity index (χ1n) is 0. The Hall–Kier alpha value is 2.35. The molecular weight excluding hydrogens is 219 g/mol. The second-order valence-corrected chi connectivity index (χ2v) is 0. The van der Waals surface area contributed by atoms with Gasteiger partial charge in [0.1, 0.15) is 0 Å². The Morgan fingerprint density at radius 3 is 0.750 bits per heavy atom. The maximum Gasteiger partial charge on any atom is 3.00 e. The van der Waals surface area contributed by atoms with Crippen LogP contribution in [0.2, 0.25) is 0 Å². The summed E-state index contributed by atoms with van der Waals surface area (Å²) in [6.45, 7) is 0. The minimum absolute atomic E-state index is 0. The molecule has 0 amide bonds. The number of hydrogen-bond acceptors (Lipinski definition) is 0. The molecule has 0 aromatic rings. The molecule has 0 aromatic heterocycles. The number of rotatable bonds is 0. The van der Waals surface area contributed by atoms with Gasteiger partial charge < -0.3 is 11.0 Å². The Morgan fingerprint density at radius 2 is 0.750 bits per heavy atom. The summed E-state index contributed by atoms with van der Waals surface area (Å²) >= 11 is 0. The summed E-state index contributed by atoms with van der Waals surface area (Å²) in [5.41, 5.74) is 0. The van der Waals surface area contributed by atoms with Crippen LogP contribution in [0.3, 0.4) is 0 Å². The Morgan fingerprint density at radius 1 is 0.750 bits per heavy atom. The summed E-state index contributed by atoms with van der Waals surface area (Å²) in [5.74, 6) is 0. The Balaban J connectivity index is 0. The molecule has 0 aliphatic heterocycles. The Bertz CT molecular complexity index is 6.00. The minimum atomic E-state index is 0. The molecule has 0 unspecified atom stereocenters. The summed E-state index contributed by atoms with van der Waals surface area (Å²) in [6, 6.07) is 0. The molecule has 0 fully saturated rings. The van der Waals surface area contributed by atoms with Crippen molar-refractivity contribution in [2.75, 3.05) is 0 Å². The minimum Gasteiger partial charge on any atom is -2.00 e. The van der Waals surface area contributed by atoms with E-state index in [4.69, 9.17) is 0 Å². The quantitative estimate of drug-likeness (QED) is 0.384. The van der Waals surface area contributed by atoms with E-state index in [9.17, 15) is 0 Å². The van der Waals surface area contributed by atoms with Gasteiger partial charge in [0, 0.05) is 0 Å². The molecule has 0 bridgehead atoms. The molecule has 0 saturated carbocycles. The molecule has 0 saturated heterocycles. The summed E-state index contributed by atoms with van der Waals surface area (Å²) in [5, 5.41) is 0. The second kappa shape index (κ2) is 18.3. The van der Waals surface area contributed by atoms with Gasteiger partial charge in [0.2, 0.25) is 0 Å². The van der Waals surface area contributed by atoms with E-state index in [1.807, 2.05) is 0 Å². The molecule has 0 aromatic carbocycles. The van der Waals surface area contributed by atoms with Crippen LogP contribution in [0.5, 0.6) is 0 Å². The van der Waals surface area contributed by atoms with Crippen molar-refractivity contribution in [2.45, 2.75) is 0 Å². The Kier molecular flexibility index (Phi) is 151. The van der Waals surface area contributed by atoms with Crippen molar-refractivity contribution in [3.05, 3.63) is 0 Å². The van der Waals surface area contributed by atoms with E-state index in [0.717, 1.165) is 0 Å². The van der Waals surface area contributed by atoms with Crippen molar-refractivity contribution >= 4 is 0 Å². The van der Waals surface area contributed by atoms with E-state index >= 15 is 0 Å². The van der Waals surface area contributed by atoms with Crippen molar-refractivity contribution in [1.29, 1.82) is 0 Å². The molecule has 2 nitrogen and oxygen atoms in total. The normalized spacial score (nSPS) is 0. The molecule has 4 heteroatoms. The van der Waals surface area contributed by atoms with Gasteiger partial charge in [-0.1, -0.05) is 0 Å². The monoisotopic (exact) mass is 219 g/mol. The van der Waals surface area contributed by atoms with E-state index < -0.39 is 0 Å². The molecule has 21 valence electrons. The van der Waals surface area contributed by atoms with Crippen LogP contribution in [-0.2, 0) is 30.4 Å². The van der Waals surface area contributed by atoms with Gasteiger partial charge >= 0.3 is 77.7 Å². The Labute approximate surface area is 86.5 Å². The molecule has 0 spiro atoms. The van der Waals surface area contributed by atoms with Gasteiger partial charge in [-0.05, 0) is 0 Å². The maximum atomic E-state index is 0. The molecule has 0 heterocycles. The molecular formula is O2RbRu. The van der Waals surface area contributed by atoms with E-state index in [1.165, 1.54) is 0 Å². The van der Waals surface area contributed by atoms with Crippen molar-refractivity contribution in [3.8, 4) is 0 Å². The summed E-state index contributed by atoms with van der Waals surface area (Å²) in [7, 11) is 0. The van der Waals surface area contributed by atoms with Gasteiger partial charge in [-0.2, -0.15) is 0 Å². The van der Waals surface area contributed by atoms with Gasteiger partial charge in [-0.25, -0.2) is 0 Å². The summed E-state index contributed by atoms with van der Waals surface area (Å²) in [4.78, 5) is 0. The number of hydrogen-bond donors (Lipinski definition) is 0. The fraction of sp³-hybridized carbons (Fsp3) is 0. The summed E-state index contributed by atoms with van der Waals surface area (Å²) in [6.07, 6.45) is 0. The average molecular weight is 219 g/mol. The van der Waals surface area contributed by atoms with Crippen molar-refractivity contribution in [2.24, 2.45) is 0 Å².